The predicted octanol–water partition coefficient (Wildman–Crippen LogP) is 16.3. The highest BCUT2D eigenvalue weighted by atomic mass is 32.1. The van der Waals surface area contributed by atoms with Gasteiger partial charge in [-0.1, -0.05) is 200 Å². The summed E-state index contributed by atoms with van der Waals surface area (Å²) >= 11 is 1.78. The molecule has 0 bridgehead atoms. The van der Waals surface area contributed by atoms with Gasteiger partial charge in [-0.3, -0.25) is 4.98 Å². The Bertz CT molecular complexity index is 3990. The molecule has 0 aliphatic rings. The van der Waals surface area contributed by atoms with Gasteiger partial charge in [0.2, 0.25) is 0 Å². The second kappa shape index (κ2) is 14.5. The van der Waals surface area contributed by atoms with Crippen LogP contribution in [0.25, 0.3) is 120 Å². The highest BCUT2D eigenvalue weighted by Gasteiger charge is 2.28. The van der Waals surface area contributed by atoms with Crippen molar-refractivity contribution in [1.82, 2.24) is 9.97 Å². The average molecular weight is 800 g/mol. The fraction of sp³-hybridized carbons (Fsp3) is 0. The molecule has 0 atom stereocenters. The Balaban J connectivity index is 1.19. The van der Waals surface area contributed by atoms with Crippen molar-refractivity contribution in [3.8, 4) is 65.5 Å². The summed E-state index contributed by atoms with van der Waals surface area (Å²) in [5, 5.41) is 6.18. The van der Waals surface area contributed by atoms with Crippen molar-refractivity contribution < 1.29 is 9.60 Å². The van der Waals surface area contributed by atoms with Gasteiger partial charge < -0.3 is 0 Å². The zero-order valence-corrected chi connectivity index (χ0v) is 33.4. The van der Waals surface area contributed by atoms with E-state index in [-0.39, 0.29) is 51.7 Å². The molecule has 0 fully saturated rings. The summed E-state index contributed by atoms with van der Waals surface area (Å²) in [6.07, 6.45) is -0.465. The summed E-state index contributed by atoms with van der Waals surface area (Å²) < 4.78 is 61.6. The second-order valence-corrected chi connectivity index (χ2v) is 16.1. The summed E-state index contributed by atoms with van der Waals surface area (Å²) in [7, 11) is 0. The van der Waals surface area contributed by atoms with Gasteiger partial charge in [-0.15, -0.1) is 11.3 Å². The Morgan fingerprint density at radius 3 is 1.46 bits per heavy atom. The molecule has 2 nitrogen and oxygen atoms in total. The van der Waals surface area contributed by atoms with Crippen LogP contribution in [-0.4, -0.2) is 9.97 Å². The summed E-state index contributed by atoms with van der Waals surface area (Å²) in [6, 6.07) is 59.1. The first-order chi connectivity index (χ1) is 33.2. The molecular weight excluding hydrogens is 757 g/mol. The lowest BCUT2D eigenvalue weighted by atomic mass is 9.84. The first-order valence-electron chi connectivity index (χ1n) is 23.7. The summed E-state index contributed by atoms with van der Waals surface area (Å²) in [6.45, 7) is 0. The number of aromatic nitrogens is 2. The van der Waals surface area contributed by atoms with Crippen molar-refractivity contribution in [3.63, 3.8) is 0 Å². The number of hydrogen-bond acceptors (Lipinski definition) is 3. The third-order valence-corrected chi connectivity index (χ3v) is 12.9. The largest absolute Gasteiger partial charge is 0.254 e. The molecule has 284 valence electrons. The SMILES string of the molecule is [2H]c1nc2c(c([2H])c1[2H])c([2H])c([2H])c1c([2H])c([2H])c(-c3ccc(-c4c(-c5ccccc5)sc(-c5c6ccccc6c(-c6ccccc6)c6ccccc56)c4-c4ccccc4)c4ccccc34)nc12. The van der Waals surface area contributed by atoms with Crippen molar-refractivity contribution in [3.05, 3.63) is 218 Å². The van der Waals surface area contributed by atoms with Crippen LogP contribution >= 0.6 is 11.3 Å². The van der Waals surface area contributed by atoms with Crippen LogP contribution in [0.5, 0.6) is 0 Å². The minimum atomic E-state index is -0.465. The van der Waals surface area contributed by atoms with Crippen LogP contribution in [0.3, 0.4) is 0 Å². The molecule has 0 saturated heterocycles. The topological polar surface area (TPSA) is 25.8 Å². The normalized spacial score (nSPS) is 13.2. The van der Waals surface area contributed by atoms with Gasteiger partial charge in [0.1, 0.15) is 0 Å². The molecular formula is C58H36N2S. The van der Waals surface area contributed by atoms with Crippen LogP contribution in [0, 0.1) is 0 Å². The van der Waals surface area contributed by atoms with E-state index in [2.05, 4.69) is 145 Å². The smallest absolute Gasteiger partial charge is 0.0972 e. The number of nitrogens with zero attached hydrogens (tertiary/aromatic N) is 2. The Labute approximate surface area is 367 Å². The van der Waals surface area contributed by atoms with Crippen LogP contribution in [-0.2, 0) is 0 Å². The molecule has 12 rings (SSSR count). The Morgan fingerprint density at radius 2 is 0.836 bits per heavy atom. The van der Waals surface area contributed by atoms with Crippen molar-refractivity contribution in [1.29, 1.82) is 0 Å². The lowest BCUT2D eigenvalue weighted by molar-refractivity contribution is 1.37. The number of fused-ring (bicyclic) bond motifs is 6. The Hall–Kier alpha value is -7.72. The van der Waals surface area contributed by atoms with E-state index in [0.29, 0.717) is 5.56 Å². The van der Waals surface area contributed by atoms with Crippen molar-refractivity contribution in [2.45, 2.75) is 0 Å². The fourth-order valence-corrected chi connectivity index (χ4v) is 10.4. The quantitative estimate of drug-likeness (QED) is 0.124. The van der Waals surface area contributed by atoms with Gasteiger partial charge >= 0.3 is 0 Å². The maximum absolute atomic E-state index is 9.38. The second-order valence-electron chi connectivity index (χ2n) is 15.0. The summed E-state index contributed by atoms with van der Waals surface area (Å²) in [5.41, 5.74) is 9.54. The van der Waals surface area contributed by atoms with E-state index < -0.39 is 18.3 Å². The Morgan fingerprint density at radius 1 is 0.361 bits per heavy atom. The summed E-state index contributed by atoms with van der Waals surface area (Å²) in [5.74, 6) is 0. The maximum atomic E-state index is 9.38. The third-order valence-electron chi connectivity index (χ3n) is 11.6. The maximum Gasteiger partial charge on any atom is 0.0972 e. The molecule has 0 aliphatic heterocycles. The first kappa shape index (κ1) is 28.7. The van der Waals surface area contributed by atoms with Crippen LogP contribution < -0.4 is 0 Å². The molecule has 9 aromatic carbocycles. The zero-order chi connectivity index (χ0) is 46.4. The van der Waals surface area contributed by atoms with E-state index in [1.807, 2.05) is 36.4 Å². The standard InChI is InChI=1S/C58H36N2S/c1-4-17-37(18-5-1)51-45-26-12-14-28-47(45)53(48-29-15-13-27-46(48)51)58-52(38-19-6-2-7-20-38)54(57(61-58)41-21-8-3-9-22-41)49-34-33-44(42-24-10-11-25-43(42)49)50-35-32-40-31-30-39-23-16-36-59-55(39)56(40)60-50/h1-36H/i16D,23D,30D,31D,32D,35D,36D. The number of benzene rings is 9. The van der Waals surface area contributed by atoms with Crippen molar-refractivity contribution in [2.24, 2.45) is 0 Å². The minimum absolute atomic E-state index is 0.00895. The van der Waals surface area contributed by atoms with Crippen LogP contribution in [0.1, 0.15) is 9.60 Å². The van der Waals surface area contributed by atoms with Crippen LogP contribution in [0.2, 0.25) is 0 Å². The van der Waals surface area contributed by atoms with Crippen molar-refractivity contribution in [2.75, 3.05) is 0 Å². The first-order valence-corrected chi connectivity index (χ1v) is 21.0. The van der Waals surface area contributed by atoms with Gasteiger partial charge in [0, 0.05) is 49.0 Å². The van der Waals surface area contributed by atoms with Crippen molar-refractivity contribution >= 4 is 65.5 Å². The van der Waals surface area contributed by atoms with E-state index in [1.54, 1.807) is 11.3 Å². The highest BCUT2D eigenvalue weighted by Crippen LogP contribution is 2.56. The predicted molar refractivity (Wildman–Crippen MR) is 260 cm³/mol. The van der Waals surface area contributed by atoms with Gasteiger partial charge in [0.05, 0.1) is 26.3 Å². The number of hydrogen-bond donors (Lipinski definition) is 0. The zero-order valence-electron chi connectivity index (χ0n) is 39.5. The monoisotopic (exact) mass is 799 g/mol. The molecule has 0 saturated carbocycles. The molecule has 3 heteroatoms. The molecule has 0 spiro atoms. The van der Waals surface area contributed by atoms with E-state index >= 15 is 0 Å². The van der Waals surface area contributed by atoms with Crippen LogP contribution in [0.15, 0.2) is 218 Å². The average Bonchev–Trinajstić information content (AvgIpc) is 3.77. The number of thiophene rings is 1. The molecule has 0 radical (unpaired) electrons. The molecule has 0 amide bonds. The molecule has 3 heterocycles. The lowest BCUT2D eigenvalue weighted by Crippen LogP contribution is -1.93. The minimum Gasteiger partial charge on any atom is -0.254 e. The van der Waals surface area contributed by atoms with E-state index in [1.165, 1.54) is 5.56 Å². The van der Waals surface area contributed by atoms with E-state index in [9.17, 15) is 2.74 Å². The fourth-order valence-electron chi connectivity index (χ4n) is 8.99. The molecule has 61 heavy (non-hydrogen) atoms. The molecule has 3 aromatic heterocycles. The highest BCUT2D eigenvalue weighted by molar-refractivity contribution is 7.20. The van der Waals surface area contributed by atoms with Crippen LogP contribution in [0.4, 0.5) is 0 Å². The van der Waals surface area contributed by atoms with Gasteiger partial charge in [-0.05, 0) is 72.2 Å². The Kier molecular flexibility index (Phi) is 6.83. The van der Waals surface area contributed by atoms with E-state index in [0.717, 1.165) is 81.0 Å². The number of pyridine rings is 2. The van der Waals surface area contributed by atoms with Gasteiger partial charge in [-0.2, -0.15) is 0 Å². The third kappa shape index (κ3) is 5.78. The molecule has 0 unspecified atom stereocenters. The molecule has 0 N–H and O–H groups in total. The van der Waals surface area contributed by atoms with Gasteiger partial charge in [0.25, 0.3) is 0 Å². The van der Waals surface area contributed by atoms with Gasteiger partial charge in [0.15, 0.2) is 0 Å². The lowest BCUT2D eigenvalue weighted by Gasteiger charge is -2.19. The number of rotatable bonds is 6. The summed E-state index contributed by atoms with van der Waals surface area (Å²) in [4.78, 5) is 11.5. The molecule has 12 aromatic rings. The van der Waals surface area contributed by atoms with Gasteiger partial charge in [-0.25, -0.2) is 4.98 Å². The van der Waals surface area contributed by atoms with E-state index in [4.69, 9.17) is 11.8 Å². The molecule has 0 aliphatic carbocycles.